The summed E-state index contributed by atoms with van der Waals surface area (Å²) in [6.07, 6.45) is 26.8. The highest BCUT2D eigenvalue weighted by Crippen LogP contribution is 2.26. The van der Waals surface area contributed by atoms with Gasteiger partial charge in [-0.2, -0.15) is 0 Å². The molecule has 2 saturated heterocycles. The van der Waals surface area contributed by atoms with Crippen LogP contribution >= 0.6 is 0 Å². The lowest BCUT2D eigenvalue weighted by atomic mass is 9.98. The number of unbranched alkanes of at least 4 members (excludes halogenated alkanes) is 14. The summed E-state index contributed by atoms with van der Waals surface area (Å²) >= 11 is 0. The number of esters is 2. The molecule has 386 valence electrons. The van der Waals surface area contributed by atoms with E-state index in [1.165, 1.54) is 51.4 Å². The smallest absolute Gasteiger partial charge is 0.306 e. The highest BCUT2D eigenvalue weighted by atomic mass is 16.7. The predicted molar refractivity (Wildman–Crippen MR) is 256 cm³/mol. The van der Waals surface area contributed by atoms with E-state index >= 15 is 0 Å². The van der Waals surface area contributed by atoms with Gasteiger partial charge in [0, 0.05) is 12.8 Å². The average Bonchev–Trinajstić information content (AvgIpc) is 3.32. The van der Waals surface area contributed by atoms with Crippen molar-refractivity contribution < 1.29 is 73.8 Å². The van der Waals surface area contributed by atoms with E-state index in [2.05, 4.69) is 62.5 Å². The van der Waals surface area contributed by atoms with Gasteiger partial charge in [-0.05, 0) is 77.0 Å². The van der Waals surface area contributed by atoms with E-state index < -0.39 is 99.3 Å². The third-order valence-corrected chi connectivity index (χ3v) is 11.7. The molecule has 15 heteroatoms. The van der Waals surface area contributed by atoms with Crippen molar-refractivity contribution >= 4 is 11.9 Å². The highest BCUT2D eigenvalue weighted by molar-refractivity contribution is 5.70. The summed E-state index contributed by atoms with van der Waals surface area (Å²) in [7, 11) is 0. The van der Waals surface area contributed by atoms with Crippen molar-refractivity contribution in [2.45, 2.75) is 229 Å². The van der Waals surface area contributed by atoms with Gasteiger partial charge in [-0.25, -0.2) is 0 Å². The quantitative estimate of drug-likeness (QED) is 0.0190. The third kappa shape index (κ3) is 27.3. The molecule has 0 aromatic carbocycles. The average molecular weight is 953 g/mol. The molecule has 0 aromatic heterocycles. The van der Waals surface area contributed by atoms with Crippen LogP contribution in [0.2, 0.25) is 0 Å². The topological polar surface area (TPSA) is 231 Å². The first-order valence-corrected chi connectivity index (χ1v) is 25.4. The standard InChI is InChI=1S/C52H88O15/c1-3-5-7-9-11-13-15-17-19-20-21-23-25-27-29-31-33-35-44(55)65-40(37-62-43(54)34-32-30-28-26-24-22-18-16-14-12-10-8-6-4-2)38-63-51-50(61)48(59)46(57)42(67-51)39-64-52-49(60)47(58)45(56)41(36-53)66-52/h11,13,16-19,21,23,27,29,40-42,45-53,56-61H,3-10,12,14-15,20,22,24-26,28,30-39H2,1-2H3/b13-11+,18-16+,19-17+,23-21+,29-27+/t40-,41+,42+,45-,46-,47?,48?,49?,50?,51+,52+/m1/s1. The van der Waals surface area contributed by atoms with Gasteiger partial charge in [0.1, 0.15) is 55.4 Å². The summed E-state index contributed by atoms with van der Waals surface area (Å²) in [6.45, 7) is 2.47. The fourth-order valence-electron chi connectivity index (χ4n) is 7.50. The lowest BCUT2D eigenvalue weighted by Gasteiger charge is -2.42. The monoisotopic (exact) mass is 953 g/mol. The number of ether oxygens (including phenoxy) is 6. The summed E-state index contributed by atoms with van der Waals surface area (Å²) in [5.74, 6) is -1.00. The van der Waals surface area contributed by atoms with Crippen LogP contribution in [0.1, 0.15) is 162 Å². The van der Waals surface area contributed by atoms with E-state index in [4.69, 9.17) is 28.4 Å². The van der Waals surface area contributed by atoms with Gasteiger partial charge in [-0.15, -0.1) is 0 Å². The number of hydrogen-bond acceptors (Lipinski definition) is 15. The molecule has 7 N–H and O–H groups in total. The minimum Gasteiger partial charge on any atom is -0.462 e. The molecule has 0 spiro atoms. The van der Waals surface area contributed by atoms with Gasteiger partial charge in [-0.3, -0.25) is 9.59 Å². The van der Waals surface area contributed by atoms with E-state index in [0.29, 0.717) is 19.3 Å². The molecule has 67 heavy (non-hydrogen) atoms. The highest BCUT2D eigenvalue weighted by Gasteiger charge is 2.47. The SMILES string of the molecule is CCCCC/C=C/C/C=C/C/C=C/C/C=C/CCCC(=O)O[C@H](COC(=O)CCCCCCC/C=C/CCCCCCC)CO[C@H]1O[C@@H](CO[C@H]2O[C@@H](CO)[C@@H](O)C(O)C2O)[C@@H](O)C(O)C1O. The summed E-state index contributed by atoms with van der Waals surface area (Å²) in [6, 6.07) is 0. The molecule has 2 rings (SSSR count). The molecule has 2 heterocycles. The van der Waals surface area contributed by atoms with Crippen LogP contribution in [-0.4, -0.2) is 142 Å². The van der Waals surface area contributed by atoms with E-state index in [1.807, 2.05) is 12.2 Å². The normalized spacial score (nSPS) is 26.5. The van der Waals surface area contributed by atoms with Gasteiger partial charge >= 0.3 is 11.9 Å². The second kappa shape index (κ2) is 39.0. The molecule has 0 aliphatic carbocycles. The lowest BCUT2D eigenvalue weighted by molar-refractivity contribution is -0.332. The molecule has 2 aliphatic rings. The Morgan fingerprint density at radius 2 is 0.910 bits per heavy atom. The first kappa shape index (κ1) is 60.3. The zero-order valence-corrected chi connectivity index (χ0v) is 40.6. The Hall–Kier alpha value is -2.80. The van der Waals surface area contributed by atoms with Crippen LogP contribution in [0.4, 0.5) is 0 Å². The molecular formula is C52H88O15. The molecule has 11 atom stereocenters. The molecular weight excluding hydrogens is 865 g/mol. The Morgan fingerprint density at radius 1 is 0.478 bits per heavy atom. The molecule has 2 fully saturated rings. The number of aliphatic hydroxyl groups is 7. The van der Waals surface area contributed by atoms with Crippen LogP contribution in [0.15, 0.2) is 60.8 Å². The number of allylic oxidation sites excluding steroid dienone is 10. The first-order chi connectivity index (χ1) is 32.5. The third-order valence-electron chi connectivity index (χ3n) is 11.7. The Bertz CT molecular complexity index is 1400. The van der Waals surface area contributed by atoms with Gasteiger partial charge in [-0.1, -0.05) is 132 Å². The Balaban J connectivity index is 1.85. The van der Waals surface area contributed by atoms with Gasteiger partial charge in [0.2, 0.25) is 0 Å². The van der Waals surface area contributed by atoms with Crippen molar-refractivity contribution in [1.82, 2.24) is 0 Å². The van der Waals surface area contributed by atoms with E-state index in [1.54, 1.807) is 0 Å². The van der Waals surface area contributed by atoms with Crippen molar-refractivity contribution in [2.24, 2.45) is 0 Å². The van der Waals surface area contributed by atoms with Gasteiger partial charge in [0.15, 0.2) is 18.7 Å². The van der Waals surface area contributed by atoms with E-state index in [-0.39, 0.29) is 19.4 Å². The summed E-state index contributed by atoms with van der Waals surface area (Å²) < 4.78 is 33.5. The fraction of sp³-hybridized carbons (Fsp3) is 0.769. The van der Waals surface area contributed by atoms with Crippen LogP contribution in [0.5, 0.6) is 0 Å². The van der Waals surface area contributed by atoms with Gasteiger partial charge in [0.05, 0.1) is 19.8 Å². The van der Waals surface area contributed by atoms with Crippen LogP contribution in [0.3, 0.4) is 0 Å². The molecule has 0 radical (unpaired) electrons. The second-order valence-corrected chi connectivity index (χ2v) is 17.6. The van der Waals surface area contributed by atoms with Crippen LogP contribution in [0.25, 0.3) is 0 Å². The van der Waals surface area contributed by atoms with Gasteiger partial charge < -0.3 is 64.2 Å². The Morgan fingerprint density at radius 3 is 1.49 bits per heavy atom. The number of hydrogen-bond donors (Lipinski definition) is 7. The summed E-state index contributed by atoms with van der Waals surface area (Å²) in [5.41, 5.74) is 0. The molecule has 0 amide bonds. The fourth-order valence-corrected chi connectivity index (χ4v) is 7.50. The molecule has 0 aromatic rings. The van der Waals surface area contributed by atoms with Crippen molar-refractivity contribution in [1.29, 1.82) is 0 Å². The van der Waals surface area contributed by atoms with Crippen molar-refractivity contribution in [3.8, 4) is 0 Å². The predicted octanol–water partition coefficient (Wildman–Crippen LogP) is 6.88. The minimum absolute atomic E-state index is 0.0855. The number of carbonyl (C=O) groups excluding carboxylic acids is 2. The number of aliphatic hydroxyl groups excluding tert-OH is 7. The molecule has 15 nitrogen and oxygen atoms in total. The van der Waals surface area contributed by atoms with E-state index in [9.17, 15) is 45.3 Å². The molecule has 2 aliphatic heterocycles. The first-order valence-electron chi connectivity index (χ1n) is 25.4. The largest absolute Gasteiger partial charge is 0.462 e. The maximum absolute atomic E-state index is 13.0. The van der Waals surface area contributed by atoms with Gasteiger partial charge in [0.25, 0.3) is 0 Å². The van der Waals surface area contributed by atoms with Crippen LogP contribution in [0, 0.1) is 0 Å². The van der Waals surface area contributed by atoms with Crippen molar-refractivity contribution in [3.63, 3.8) is 0 Å². The van der Waals surface area contributed by atoms with Crippen LogP contribution < -0.4 is 0 Å². The van der Waals surface area contributed by atoms with Crippen molar-refractivity contribution in [2.75, 3.05) is 26.4 Å². The second-order valence-electron chi connectivity index (χ2n) is 17.6. The summed E-state index contributed by atoms with van der Waals surface area (Å²) in [5, 5.41) is 72.0. The Kier molecular flexibility index (Phi) is 35.1. The number of carbonyl (C=O) groups is 2. The van der Waals surface area contributed by atoms with Crippen molar-refractivity contribution in [3.05, 3.63) is 60.8 Å². The minimum atomic E-state index is -1.78. The maximum atomic E-state index is 13.0. The van der Waals surface area contributed by atoms with Crippen LogP contribution in [-0.2, 0) is 38.0 Å². The number of rotatable bonds is 38. The lowest BCUT2D eigenvalue weighted by Crippen LogP contribution is -2.61. The summed E-state index contributed by atoms with van der Waals surface area (Å²) in [4.78, 5) is 25.7. The zero-order chi connectivity index (χ0) is 48.9. The zero-order valence-electron chi connectivity index (χ0n) is 40.6. The molecule has 0 saturated carbocycles. The Labute approximate surface area is 400 Å². The molecule has 4 unspecified atom stereocenters. The van der Waals surface area contributed by atoms with E-state index in [0.717, 1.165) is 64.2 Å². The maximum Gasteiger partial charge on any atom is 0.306 e. The molecule has 0 bridgehead atoms.